The molecule has 1 aromatic carbocycles. The van der Waals surface area contributed by atoms with Crippen molar-refractivity contribution in [2.75, 3.05) is 25.9 Å². The minimum atomic E-state index is -3.51. The molecule has 0 aliphatic carbocycles. The highest BCUT2D eigenvalue weighted by Gasteiger charge is 2.28. The van der Waals surface area contributed by atoms with Crippen LogP contribution in [0, 0.1) is 0 Å². The third-order valence-electron chi connectivity index (χ3n) is 3.32. The third-order valence-corrected chi connectivity index (χ3v) is 6.06. The molecule has 21 heavy (non-hydrogen) atoms. The Morgan fingerprint density at radius 1 is 1.19 bits per heavy atom. The van der Waals surface area contributed by atoms with E-state index in [1.165, 1.54) is 16.4 Å². The van der Waals surface area contributed by atoms with Crippen LogP contribution in [0.25, 0.3) is 0 Å². The maximum atomic E-state index is 12.5. The summed E-state index contributed by atoms with van der Waals surface area (Å²) in [6.07, 6.45) is 1.15. The molecule has 1 aromatic rings. The van der Waals surface area contributed by atoms with Crippen LogP contribution in [0.5, 0.6) is 0 Å². The number of hydrogen-bond donors (Lipinski definition) is 1. The Morgan fingerprint density at radius 3 is 2.33 bits per heavy atom. The number of sulfone groups is 1. The molecule has 0 amide bonds. The van der Waals surface area contributed by atoms with Crippen molar-refractivity contribution < 1.29 is 16.8 Å². The molecule has 1 unspecified atom stereocenters. The minimum absolute atomic E-state index is 0.0853. The van der Waals surface area contributed by atoms with Gasteiger partial charge in [-0.05, 0) is 24.6 Å². The van der Waals surface area contributed by atoms with Crippen LogP contribution >= 0.6 is 0 Å². The van der Waals surface area contributed by atoms with Crippen LogP contribution < -0.4 is 5.32 Å². The van der Waals surface area contributed by atoms with Gasteiger partial charge in [0.25, 0.3) is 0 Å². The number of rotatable bonds is 4. The predicted octanol–water partition coefficient (Wildman–Crippen LogP) is 0.214. The van der Waals surface area contributed by atoms with Crippen molar-refractivity contribution in [2.45, 2.75) is 23.6 Å². The van der Waals surface area contributed by atoms with Gasteiger partial charge in [0.05, 0.1) is 10.6 Å². The van der Waals surface area contributed by atoms with E-state index in [2.05, 4.69) is 5.32 Å². The van der Waals surface area contributed by atoms with Crippen molar-refractivity contribution in [1.29, 1.82) is 0 Å². The molecule has 1 heterocycles. The Balaban J connectivity index is 2.21. The van der Waals surface area contributed by atoms with Gasteiger partial charge in [-0.2, -0.15) is 4.31 Å². The Bertz CT molecular complexity index is 696. The summed E-state index contributed by atoms with van der Waals surface area (Å²) in [4.78, 5) is 0.203. The molecule has 8 heteroatoms. The molecule has 0 aromatic heterocycles. The molecule has 6 nitrogen and oxygen atoms in total. The van der Waals surface area contributed by atoms with Gasteiger partial charge in [0, 0.05) is 31.9 Å². The lowest BCUT2D eigenvalue weighted by Crippen LogP contribution is -2.51. The molecule has 1 atom stereocenters. The first-order valence-electron chi connectivity index (χ1n) is 6.69. The van der Waals surface area contributed by atoms with E-state index in [-0.39, 0.29) is 16.7 Å². The van der Waals surface area contributed by atoms with E-state index >= 15 is 0 Å². The van der Waals surface area contributed by atoms with E-state index in [9.17, 15) is 16.8 Å². The van der Waals surface area contributed by atoms with E-state index in [1.807, 2.05) is 6.92 Å². The third kappa shape index (κ3) is 4.26. The molecule has 0 bridgehead atoms. The predicted molar refractivity (Wildman–Crippen MR) is 81.2 cm³/mol. The maximum absolute atomic E-state index is 12.5. The van der Waals surface area contributed by atoms with Crippen LogP contribution in [0.4, 0.5) is 0 Å². The smallest absolute Gasteiger partial charge is 0.243 e. The molecule has 2 rings (SSSR count). The second-order valence-corrected chi connectivity index (χ2v) is 9.51. The molecular weight excluding hydrogens is 312 g/mol. The summed E-state index contributed by atoms with van der Waals surface area (Å²) >= 11 is 0. The summed E-state index contributed by atoms with van der Waals surface area (Å²) in [7, 11) is -6.63. The molecule has 0 radical (unpaired) electrons. The quantitative estimate of drug-likeness (QED) is 0.852. The highest BCUT2D eigenvalue weighted by molar-refractivity contribution is 7.90. The molecule has 1 saturated heterocycles. The van der Waals surface area contributed by atoms with E-state index in [0.29, 0.717) is 25.2 Å². The van der Waals surface area contributed by atoms with Crippen molar-refractivity contribution in [2.24, 2.45) is 0 Å². The molecule has 1 N–H and O–H groups in total. The number of hydrogen-bond acceptors (Lipinski definition) is 5. The summed E-state index contributed by atoms with van der Waals surface area (Å²) in [5, 5.41) is 3.20. The van der Waals surface area contributed by atoms with Gasteiger partial charge in [0.1, 0.15) is 0 Å². The molecule has 1 aliphatic rings. The first-order chi connectivity index (χ1) is 9.68. The second kappa shape index (κ2) is 6.04. The van der Waals surface area contributed by atoms with Gasteiger partial charge < -0.3 is 5.32 Å². The standard InChI is InChI=1S/C13H20N2O4S2/c1-11-9-15(8-7-14-11)21(18,19)13-5-3-12(4-6-13)10-20(2,16)17/h3-6,11,14H,7-10H2,1-2H3. The second-order valence-electron chi connectivity index (χ2n) is 5.43. The Labute approximate surface area is 126 Å². The Morgan fingerprint density at radius 2 is 1.81 bits per heavy atom. The van der Waals surface area contributed by atoms with Crippen molar-refractivity contribution in [3.8, 4) is 0 Å². The van der Waals surface area contributed by atoms with Crippen molar-refractivity contribution >= 4 is 19.9 Å². The summed E-state index contributed by atoms with van der Waals surface area (Å²) in [5.74, 6) is -0.0853. The maximum Gasteiger partial charge on any atom is 0.243 e. The number of piperazine rings is 1. The number of nitrogens with zero attached hydrogens (tertiary/aromatic N) is 1. The van der Waals surface area contributed by atoms with Gasteiger partial charge in [-0.3, -0.25) is 0 Å². The molecule has 0 saturated carbocycles. The van der Waals surface area contributed by atoms with Gasteiger partial charge in [0.2, 0.25) is 10.0 Å². The van der Waals surface area contributed by atoms with Crippen LogP contribution in [0.3, 0.4) is 0 Å². The topological polar surface area (TPSA) is 83.6 Å². The SMILES string of the molecule is CC1CN(S(=O)(=O)c2ccc(CS(C)(=O)=O)cc2)CCN1. The lowest BCUT2D eigenvalue weighted by atomic mass is 10.2. The van der Waals surface area contributed by atoms with E-state index in [0.717, 1.165) is 6.26 Å². The summed E-state index contributed by atoms with van der Waals surface area (Å²) in [6, 6.07) is 6.18. The lowest BCUT2D eigenvalue weighted by Gasteiger charge is -2.31. The fourth-order valence-corrected chi connectivity index (χ4v) is 4.65. The zero-order chi connectivity index (χ0) is 15.7. The van der Waals surface area contributed by atoms with E-state index < -0.39 is 19.9 Å². The molecular formula is C13H20N2O4S2. The summed E-state index contributed by atoms with van der Waals surface area (Å²) < 4.78 is 48.9. The lowest BCUT2D eigenvalue weighted by molar-refractivity contribution is 0.310. The molecule has 1 fully saturated rings. The largest absolute Gasteiger partial charge is 0.312 e. The van der Waals surface area contributed by atoms with E-state index in [4.69, 9.17) is 0 Å². The molecule has 0 spiro atoms. The number of sulfonamides is 1. The molecule has 118 valence electrons. The molecule has 1 aliphatic heterocycles. The zero-order valence-electron chi connectivity index (χ0n) is 12.1. The van der Waals surface area contributed by atoms with Gasteiger partial charge in [-0.1, -0.05) is 12.1 Å². The summed E-state index contributed by atoms with van der Waals surface area (Å²) in [6.45, 7) is 3.45. The van der Waals surface area contributed by atoms with Gasteiger partial charge >= 0.3 is 0 Å². The number of benzene rings is 1. The normalized spacial score (nSPS) is 21.3. The van der Waals surface area contributed by atoms with Crippen molar-refractivity contribution in [1.82, 2.24) is 9.62 Å². The minimum Gasteiger partial charge on any atom is -0.312 e. The van der Waals surface area contributed by atoms with Crippen molar-refractivity contribution in [3.05, 3.63) is 29.8 Å². The highest BCUT2D eigenvalue weighted by atomic mass is 32.2. The summed E-state index contributed by atoms with van der Waals surface area (Å²) in [5.41, 5.74) is 0.588. The van der Waals surface area contributed by atoms with Gasteiger partial charge in [-0.15, -0.1) is 0 Å². The van der Waals surface area contributed by atoms with Crippen LogP contribution in [-0.2, 0) is 25.6 Å². The first kappa shape index (κ1) is 16.4. The van der Waals surface area contributed by atoms with Crippen LogP contribution in [0.15, 0.2) is 29.2 Å². The van der Waals surface area contributed by atoms with Crippen LogP contribution in [-0.4, -0.2) is 53.1 Å². The highest BCUT2D eigenvalue weighted by Crippen LogP contribution is 2.18. The van der Waals surface area contributed by atoms with Crippen LogP contribution in [0.1, 0.15) is 12.5 Å². The van der Waals surface area contributed by atoms with Gasteiger partial charge in [-0.25, -0.2) is 16.8 Å². The average molecular weight is 332 g/mol. The zero-order valence-corrected chi connectivity index (χ0v) is 13.7. The van der Waals surface area contributed by atoms with E-state index in [1.54, 1.807) is 12.1 Å². The Kier molecular flexibility index (Phi) is 4.72. The van der Waals surface area contributed by atoms with Crippen LogP contribution in [0.2, 0.25) is 0 Å². The number of nitrogens with one attached hydrogen (secondary N) is 1. The fourth-order valence-electron chi connectivity index (χ4n) is 2.32. The van der Waals surface area contributed by atoms with Gasteiger partial charge in [0.15, 0.2) is 9.84 Å². The fraction of sp³-hybridized carbons (Fsp3) is 0.538. The Hall–Kier alpha value is -0.960. The monoisotopic (exact) mass is 332 g/mol. The van der Waals surface area contributed by atoms with Crippen molar-refractivity contribution in [3.63, 3.8) is 0 Å². The average Bonchev–Trinajstić information content (AvgIpc) is 2.37. The first-order valence-corrected chi connectivity index (χ1v) is 10.2.